The van der Waals surface area contributed by atoms with Gasteiger partial charge in [-0.25, -0.2) is 0 Å². The van der Waals surface area contributed by atoms with Crippen LogP contribution >= 0.6 is 0 Å². The number of fused-ring (bicyclic) bond motifs is 1. The van der Waals surface area contributed by atoms with Crippen LogP contribution in [0.5, 0.6) is 0 Å². The Morgan fingerprint density at radius 3 is 2.70 bits per heavy atom. The highest BCUT2D eigenvalue weighted by molar-refractivity contribution is 5.98. The van der Waals surface area contributed by atoms with Crippen molar-refractivity contribution in [1.82, 2.24) is 0 Å². The summed E-state index contributed by atoms with van der Waals surface area (Å²) in [5.41, 5.74) is 5.54. The minimum absolute atomic E-state index is 0.0180. The van der Waals surface area contributed by atoms with E-state index >= 15 is 0 Å². The minimum atomic E-state index is -0.186. The van der Waals surface area contributed by atoms with Gasteiger partial charge in [-0.2, -0.15) is 0 Å². The molecule has 102 valence electrons. The van der Waals surface area contributed by atoms with Crippen LogP contribution in [-0.4, -0.2) is 11.9 Å². The van der Waals surface area contributed by atoms with E-state index in [1.54, 1.807) is 0 Å². The Kier molecular flexibility index (Phi) is 3.18. The summed E-state index contributed by atoms with van der Waals surface area (Å²) in [6.07, 6.45) is 0.743. The lowest BCUT2D eigenvalue weighted by Crippen LogP contribution is -2.32. The fraction of sp³-hybridized carbons (Fsp3) is 0.235. The normalized spacial score (nSPS) is 16.4. The number of amides is 1. The number of hydrogen-bond donors (Lipinski definition) is 2. The van der Waals surface area contributed by atoms with E-state index in [2.05, 4.69) is 30.5 Å². The number of aryl methyl sites for hydroxylation is 2. The summed E-state index contributed by atoms with van der Waals surface area (Å²) in [5.74, 6) is 0.0180. The number of rotatable bonds is 2. The molecule has 3 rings (SSSR count). The molecule has 2 aromatic carbocycles. The molecule has 1 aliphatic heterocycles. The van der Waals surface area contributed by atoms with Gasteiger partial charge in [-0.1, -0.05) is 24.3 Å². The van der Waals surface area contributed by atoms with Crippen molar-refractivity contribution in [3.05, 3.63) is 59.2 Å². The summed E-state index contributed by atoms with van der Waals surface area (Å²) in [5, 5.41) is 6.25. The monoisotopic (exact) mass is 266 g/mol. The molecule has 3 heteroatoms. The number of nitrogens with one attached hydrogen (secondary N) is 2. The molecule has 0 fully saturated rings. The predicted molar refractivity (Wildman–Crippen MR) is 82.1 cm³/mol. The van der Waals surface area contributed by atoms with Gasteiger partial charge in [-0.3, -0.25) is 4.79 Å². The second-order valence-corrected chi connectivity index (χ2v) is 5.35. The summed E-state index contributed by atoms with van der Waals surface area (Å²) in [7, 11) is 0. The van der Waals surface area contributed by atoms with E-state index in [1.807, 2.05) is 36.4 Å². The number of anilines is 2. The molecule has 0 aromatic heterocycles. The Hall–Kier alpha value is -2.29. The molecule has 3 nitrogen and oxygen atoms in total. The Balaban J connectivity index is 1.71. The molecule has 0 spiro atoms. The molecule has 0 bridgehead atoms. The topological polar surface area (TPSA) is 41.1 Å². The number of para-hydroxylation sites is 1. The SMILES string of the molecule is Cc1ccc(NC(=O)C2Cc3ccccc3N2)cc1C. The van der Waals surface area contributed by atoms with E-state index in [4.69, 9.17) is 0 Å². The molecular weight excluding hydrogens is 248 g/mol. The van der Waals surface area contributed by atoms with Gasteiger partial charge in [0.1, 0.15) is 6.04 Å². The van der Waals surface area contributed by atoms with Crippen LogP contribution in [0, 0.1) is 13.8 Å². The molecule has 1 heterocycles. The molecule has 1 amide bonds. The minimum Gasteiger partial charge on any atom is -0.373 e. The molecule has 0 saturated heterocycles. The zero-order valence-electron chi connectivity index (χ0n) is 11.7. The quantitative estimate of drug-likeness (QED) is 0.876. The highest BCUT2D eigenvalue weighted by Gasteiger charge is 2.26. The van der Waals surface area contributed by atoms with E-state index in [-0.39, 0.29) is 11.9 Å². The Morgan fingerprint density at radius 2 is 1.95 bits per heavy atom. The molecule has 0 saturated carbocycles. The highest BCUT2D eigenvalue weighted by Crippen LogP contribution is 2.26. The van der Waals surface area contributed by atoms with Gasteiger partial charge in [0.25, 0.3) is 0 Å². The van der Waals surface area contributed by atoms with E-state index in [9.17, 15) is 4.79 Å². The van der Waals surface area contributed by atoms with Crippen molar-refractivity contribution in [3.63, 3.8) is 0 Å². The van der Waals surface area contributed by atoms with Gasteiger partial charge in [0, 0.05) is 17.8 Å². The van der Waals surface area contributed by atoms with Crippen LogP contribution in [0.25, 0.3) is 0 Å². The van der Waals surface area contributed by atoms with Crippen LogP contribution < -0.4 is 10.6 Å². The van der Waals surface area contributed by atoms with Crippen LogP contribution in [0.15, 0.2) is 42.5 Å². The van der Waals surface area contributed by atoms with Crippen molar-refractivity contribution in [1.29, 1.82) is 0 Å². The van der Waals surface area contributed by atoms with E-state index < -0.39 is 0 Å². The van der Waals surface area contributed by atoms with Gasteiger partial charge in [0.2, 0.25) is 5.91 Å². The molecular formula is C17H18N2O. The number of hydrogen-bond acceptors (Lipinski definition) is 2. The molecule has 2 aromatic rings. The predicted octanol–water partition coefficient (Wildman–Crippen LogP) is 3.28. The van der Waals surface area contributed by atoms with Gasteiger partial charge in [0.05, 0.1) is 0 Å². The first kappa shape index (κ1) is 12.7. The van der Waals surface area contributed by atoms with Crippen molar-refractivity contribution in [2.75, 3.05) is 10.6 Å². The van der Waals surface area contributed by atoms with Crippen LogP contribution in [0.4, 0.5) is 11.4 Å². The van der Waals surface area contributed by atoms with Crippen LogP contribution in [0.3, 0.4) is 0 Å². The second-order valence-electron chi connectivity index (χ2n) is 5.35. The first-order valence-corrected chi connectivity index (χ1v) is 6.86. The van der Waals surface area contributed by atoms with Crippen LogP contribution in [0.2, 0.25) is 0 Å². The third-order valence-electron chi connectivity index (χ3n) is 3.86. The zero-order chi connectivity index (χ0) is 14.1. The lowest BCUT2D eigenvalue weighted by molar-refractivity contribution is -0.116. The molecule has 0 aliphatic carbocycles. The maximum absolute atomic E-state index is 12.3. The fourth-order valence-electron chi connectivity index (χ4n) is 2.50. The van der Waals surface area contributed by atoms with Crippen LogP contribution in [0.1, 0.15) is 16.7 Å². The first-order chi connectivity index (χ1) is 9.63. The van der Waals surface area contributed by atoms with Gasteiger partial charge in [0.15, 0.2) is 0 Å². The van der Waals surface area contributed by atoms with E-state index in [1.165, 1.54) is 16.7 Å². The summed E-state index contributed by atoms with van der Waals surface area (Å²) in [6.45, 7) is 4.12. The molecule has 2 N–H and O–H groups in total. The summed E-state index contributed by atoms with van der Waals surface area (Å²) in [6, 6.07) is 13.9. The van der Waals surface area contributed by atoms with Crippen molar-refractivity contribution in [2.24, 2.45) is 0 Å². The summed E-state index contributed by atoms with van der Waals surface area (Å²) in [4.78, 5) is 12.3. The van der Waals surface area contributed by atoms with Gasteiger partial charge < -0.3 is 10.6 Å². The molecule has 1 unspecified atom stereocenters. The number of benzene rings is 2. The summed E-state index contributed by atoms with van der Waals surface area (Å²) < 4.78 is 0. The van der Waals surface area contributed by atoms with Crippen molar-refractivity contribution in [3.8, 4) is 0 Å². The first-order valence-electron chi connectivity index (χ1n) is 6.86. The number of carbonyl (C=O) groups excluding carboxylic acids is 1. The lowest BCUT2D eigenvalue weighted by atomic mass is 10.1. The van der Waals surface area contributed by atoms with Gasteiger partial charge in [-0.15, -0.1) is 0 Å². The second kappa shape index (κ2) is 5.00. The fourth-order valence-corrected chi connectivity index (χ4v) is 2.50. The van der Waals surface area contributed by atoms with Crippen molar-refractivity contribution >= 4 is 17.3 Å². The Labute approximate surface area is 119 Å². The standard InChI is InChI=1S/C17H18N2O/c1-11-7-8-14(9-12(11)2)18-17(20)16-10-13-5-3-4-6-15(13)19-16/h3-9,16,19H,10H2,1-2H3,(H,18,20). The molecule has 1 aliphatic rings. The van der Waals surface area contributed by atoms with E-state index in [0.717, 1.165) is 17.8 Å². The Bertz CT molecular complexity index is 639. The molecule has 1 atom stereocenters. The number of carbonyl (C=O) groups is 1. The van der Waals surface area contributed by atoms with Crippen molar-refractivity contribution < 1.29 is 4.79 Å². The third kappa shape index (κ3) is 2.39. The maximum atomic E-state index is 12.3. The van der Waals surface area contributed by atoms with Crippen molar-refractivity contribution in [2.45, 2.75) is 26.3 Å². The van der Waals surface area contributed by atoms with Gasteiger partial charge >= 0.3 is 0 Å². The lowest BCUT2D eigenvalue weighted by Gasteiger charge is -2.13. The smallest absolute Gasteiger partial charge is 0.247 e. The summed E-state index contributed by atoms with van der Waals surface area (Å²) >= 11 is 0. The third-order valence-corrected chi connectivity index (χ3v) is 3.86. The molecule has 20 heavy (non-hydrogen) atoms. The zero-order valence-corrected chi connectivity index (χ0v) is 11.7. The van der Waals surface area contributed by atoms with Crippen LogP contribution in [-0.2, 0) is 11.2 Å². The maximum Gasteiger partial charge on any atom is 0.247 e. The largest absolute Gasteiger partial charge is 0.373 e. The average molecular weight is 266 g/mol. The average Bonchev–Trinajstić information content (AvgIpc) is 2.87. The van der Waals surface area contributed by atoms with Gasteiger partial charge in [-0.05, 0) is 48.7 Å². The Morgan fingerprint density at radius 1 is 1.15 bits per heavy atom. The highest BCUT2D eigenvalue weighted by atomic mass is 16.2. The van der Waals surface area contributed by atoms with E-state index in [0.29, 0.717) is 0 Å². The molecule has 0 radical (unpaired) electrons.